The molecule has 152 valence electrons. The van der Waals surface area contributed by atoms with Gasteiger partial charge in [-0.05, 0) is 29.8 Å². The highest BCUT2D eigenvalue weighted by Crippen LogP contribution is 2.21. The highest BCUT2D eigenvalue weighted by atomic mass is 127. The first-order valence-electron chi connectivity index (χ1n) is 9.18. The molecule has 6 nitrogen and oxygen atoms in total. The van der Waals surface area contributed by atoms with E-state index in [4.69, 9.17) is 4.74 Å². The molecule has 0 bridgehead atoms. The van der Waals surface area contributed by atoms with Crippen molar-refractivity contribution in [2.75, 3.05) is 39.9 Å². The number of nitrogens with one attached hydrogen (secondary N) is 2. The molecule has 0 aliphatic carbocycles. The van der Waals surface area contributed by atoms with Gasteiger partial charge >= 0.3 is 0 Å². The third-order valence-electron chi connectivity index (χ3n) is 4.59. The van der Waals surface area contributed by atoms with Crippen LogP contribution in [0.15, 0.2) is 53.7 Å². The first-order valence-corrected chi connectivity index (χ1v) is 9.18. The third kappa shape index (κ3) is 6.68. The van der Waals surface area contributed by atoms with Crippen molar-refractivity contribution in [3.63, 3.8) is 0 Å². The van der Waals surface area contributed by atoms with Crippen molar-refractivity contribution < 1.29 is 9.13 Å². The fraction of sp³-hybridized carbons (Fsp3) is 0.400. The van der Waals surface area contributed by atoms with E-state index in [9.17, 15) is 4.39 Å². The number of nitrogens with zero attached hydrogens (tertiary/aromatic N) is 3. The lowest BCUT2D eigenvalue weighted by Crippen LogP contribution is -2.46. The van der Waals surface area contributed by atoms with Gasteiger partial charge in [-0.3, -0.25) is 14.9 Å². The van der Waals surface area contributed by atoms with Crippen molar-refractivity contribution in [1.29, 1.82) is 0 Å². The number of aromatic nitrogens is 1. The molecule has 2 heterocycles. The summed E-state index contributed by atoms with van der Waals surface area (Å²) in [6.45, 7) is 4.38. The number of aliphatic imine (C=N–C) groups is 1. The van der Waals surface area contributed by atoms with Crippen molar-refractivity contribution in [2.24, 2.45) is 4.99 Å². The van der Waals surface area contributed by atoms with Gasteiger partial charge in [-0.15, -0.1) is 24.0 Å². The molecule has 0 saturated carbocycles. The Balaban J connectivity index is 0.00000280. The molecule has 1 atom stereocenters. The number of guanidine groups is 1. The van der Waals surface area contributed by atoms with Gasteiger partial charge in [0.15, 0.2) is 5.96 Å². The molecule has 0 spiro atoms. The number of hydrogen-bond acceptors (Lipinski definition) is 4. The Morgan fingerprint density at radius 1 is 1.18 bits per heavy atom. The lowest BCUT2D eigenvalue weighted by Gasteiger charge is -2.35. The molecule has 2 N–H and O–H groups in total. The van der Waals surface area contributed by atoms with Crippen LogP contribution in [-0.2, 0) is 11.3 Å². The molecule has 3 rings (SSSR count). The molecule has 1 aliphatic heterocycles. The lowest BCUT2D eigenvalue weighted by molar-refractivity contribution is 0.0170. The average Bonchev–Trinajstić information content (AvgIpc) is 2.73. The molecule has 0 amide bonds. The molecule has 1 fully saturated rings. The predicted octanol–water partition coefficient (Wildman–Crippen LogP) is 2.58. The molecule has 1 unspecified atom stereocenters. The molecule has 1 aliphatic rings. The van der Waals surface area contributed by atoms with Gasteiger partial charge in [-0.1, -0.05) is 18.2 Å². The highest BCUT2D eigenvalue weighted by Gasteiger charge is 2.23. The van der Waals surface area contributed by atoms with Crippen LogP contribution >= 0.6 is 24.0 Å². The van der Waals surface area contributed by atoms with E-state index in [1.165, 1.54) is 12.1 Å². The maximum Gasteiger partial charge on any atom is 0.191 e. The lowest BCUT2D eigenvalue weighted by atomic mass is 10.0. The molecule has 2 aromatic rings. The predicted molar refractivity (Wildman–Crippen MR) is 119 cm³/mol. The summed E-state index contributed by atoms with van der Waals surface area (Å²) in [6, 6.07) is 12.7. The second-order valence-electron chi connectivity index (χ2n) is 6.34. The second kappa shape index (κ2) is 11.9. The Kier molecular flexibility index (Phi) is 9.59. The van der Waals surface area contributed by atoms with Crippen molar-refractivity contribution in [3.8, 4) is 0 Å². The molecule has 8 heteroatoms. The average molecular weight is 499 g/mol. The van der Waals surface area contributed by atoms with Gasteiger partial charge in [0.2, 0.25) is 0 Å². The summed E-state index contributed by atoms with van der Waals surface area (Å²) in [5, 5.41) is 6.66. The second-order valence-corrected chi connectivity index (χ2v) is 6.34. The van der Waals surface area contributed by atoms with Gasteiger partial charge in [0.05, 0.1) is 31.5 Å². The summed E-state index contributed by atoms with van der Waals surface area (Å²) in [5.74, 6) is 0.487. The quantitative estimate of drug-likeness (QED) is 0.364. The molecular formula is C20H27FIN5O. The van der Waals surface area contributed by atoms with Crippen LogP contribution in [0.2, 0.25) is 0 Å². The topological polar surface area (TPSA) is 61.8 Å². The smallest absolute Gasteiger partial charge is 0.191 e. The Morgan fingerprint density at radius 2 is 1.93 bits per heavy atom. The van der Waals surface area contributed by atoms with E-state index in [1.807, 2.05) is 30.3 Å². The highest BCUT2D eigenvalue weighted by molar-refractivity contribution is 14.0. The normalized spacial score (nSPS) is 16.1. The van der Waals surface area contributed by atoms with E-state index in [0.29, 0.717) is 32.3 Å². The third-order valence-corrected chi connectivity index (χ3v) is 4.59. The van der Waals surface area contributed by atoms with Crippen LogP contribution in [0.1, 0.15) is 17.3 Å². The summed E-state index contributed by atoms with van der Waals surface area (Å²) < 4.78 is 18.8. The Hall–Kier alpha value is -1.78. The summed E-state index contributed by atoms with van der Waals surface area (Å²) >= 11 is 0. The zero-order valence-corrected chi connectivity index (χ0v) is 18.3. The van der Waals surface area contributed by atoms with Crippen molar-refractivity contribution in [3.05, 3.63) is 65.7 Å². The number of halogens is 2. The molecule has 0 radical (unpaired) electrons. The van der Waals surface area contributed by atoms with Crippen LogP contribution in [0.4, 0.5) is 4.39 Å². The molecule has 1 aromatic carbocycles. The summed E-state index contributed by atoms with van der Waals surface area (Å²) in [6.07, 6.45) is 1.77. The van der Waals surface area contributed by atoms with Crippen molar-refractivity contribution in [1.82, 2.24) is 20.5 Å². The summed E-state index contributed by atoms with van der Waals surface area (Å²) in [4.78, 5) is 11.0. The minimum atomic E-state index is -0.222. The first kappa shape index (κ1) is 22.5. The molecular weight excluding hydrogens is 472 g/mol. The van der Waals surface area contributed by atoms with Gasteiger partial charge in [0, 0.05) is 32.9 Å². The first-order chi connectivity index (χ1) is 13.3. The van der Waals surface area contributed by atoms with Gasteiger partial charge in [0.25, 0.3) is 0 Å². The fourth-order valence-electron chi connectivity index (χ4n) is 3.12. The molecule has 1 saturated heterocycles. The number of ether oxygens (including phenoxy) is 1. The van der Waals surface area contributed by atoms with E-state index < -0.39 is 0 Å². The van der Waals surface area contributed by atoms with Crippen LogP contribution in [0.3, 0.4) is 0 Å². The van der Waals surface area contributed by atoms with Gasteiger partial charge in [-0.2, -0.15) is 0 Å². The van der Waals surface area contributed by atoms with Gasteiger partial charge < -0.3 is 15.4 Å². The van der Waals surface area contributed by atoms with Crippen LogP contribution in [0.25, 0.3) is 0 Å². The van der Waals surface area contributed by atoms with Crippen molar-refractivity contribution in [2.45, 2.75) is 12.6 Å². The maximum atomic E-state index is 13.3. The number of benzene rings is 1. The molecule has 28 heavy (non-hydrogen) atoms. The van der Waals surface area contributed by atoms with E-state index >= 15 is 0 Å². The monoisotopic (exact) mass is 499 g/mol. The standard InChI is InChI=1S/C20H26FN5O.HI/c1-22-20(24-14-18-4-2-3-9-23-18)25-15-19(26-10-12-27-13-11-26)16-5-7-17(21)8-6-16;/h2-9,19H,10-15H2,1H3,(H2,22,24,25);1H. The van der Waals surface area contributed by atoms with Gasteiger partial charge in [0.1, 0.15) is 5.82 Å². The fourth-order valence-corrected chi connectivity index (χ4v) is 3.12. The largest absolute Gasteiger partial charge is 0.379 e. The van der Waals surface area contributed by atoms with Crippen LogP contribution in [0.5, 0.6) is 0 Å². The van der Waals surface area contributed by atoms with Crippen LogP contribution in [0, 0.1) is 5.82 Å². The summed E-state index contributed by atoms with van der Waals surface area (Å²) in [7, 11) is 1.75. The maximum absolute atomic E-state index is 13.3. The SMILES string of the molecule is CN=C(NCc1ccccn1)NCC(c1ccc(F)cc1)N1CCOCC1.I. The minimum Gasteiger partial charge on any atom is -0.379 e. The Bertz CT molecular complexity index is 723. The Labute approximate surface area is 182 Å². The zero-order chi connectivity index (χ0) is 18.9. The minimum absolute atomic E-state index is 0. The van der Waals surface area contributed by atoms with Gasteiger partial charge in [-0.25, -0.2) is 4.39 Å². The molecule has 1 aromatic heterocycles. The van der Waals surface area contributed by atoms with E-state index in [0.717, 1.165) is 24.3 Å². The van der Waals surface area contributed by atoms with Crippen LogP contribution < -0.4 is 10.6 Å². The Morgan fingerprint density at radius 3 is 2.57 bits per heavy atom. The summed E-state index contributed by atoms with van der Waals surface area (Å²) in [5.41, 5.74) is 2.02. The van der Waals surface area contributed by atoms with Crippen molar-refractivity contribution >= 4 is 29.9 Å². The number of rotatable bonds is 6. The number of morpholine rings is 1. The zero-order valence-electron chi connectivity index (χ0n) is 16.0. The number of pyridine rings is 1. The van der Waals surface area contributed by atoms with E-state index in [1.54, 1.807) is 13.2 Å². The number of hydrogen-bond donors (Lipinski definition) is 2. The van der Waals surface area contributed by atoms with E-state index in [2.05, 4.69) is 25.5 Å². The van der Waals surface area contributed by atoms with Crippen LogP contribution in [-0.4, -0.2) is 55.7 Å². The van der Waals surface area contributed by atoms with E-state index in [-0.39, 0.29) is 35.8 Å².